The number of halogens is 1. The van der Waals surface area contributed by atoms with Crippen LogP contribution in [0.4, 0.5) is 0 Å². The summed E-state index contributed by atoms with van der Waals surface area (Å²) in [5.74, 6) is 1.12. The number of nitrogens with zero attached hydrogens (tertiary/aromatic N) is 2. The van der Waals surface area contributed by atoms with E-state index in [4.69, 9.17) is 4.99 Å². The highest BCUT2D eigenvalue weighted by atomic mass is 127. The monoisotopic (exact) mass is 458 g/mol. The van der Waals surface area contributed by atoms with Gasteiger partial charge in [-0.1, -0.05) is 38.1 Å². The number of likely N-dealkylation sites (tertiary alicyclic amines) is 1. The second kappa shape index (κ2) is 10.6. The lowest BCUT2D eigenvalue weighted by molar-refractivity contribution is -0.133. The van der Waals surface area contributed by atoms with Crippen LogP contribution in [0.5, 0.6) is 0 Å². The Kier molecular flexibility index (Phi) is 9.24. The Morgan fingerprint density at radius 3 is 2.72 bits per heavy atom. The van der Waals surface area contributed by atoms with Crippen LogP contribution in [0.2, 0.25) is 0 Å². The summed E-state index contributed by atoms with van der Waals surface area (Å²) < 4.78 is 0. The van der Waals surface area contributed by atoms with Gasteiger partial charge in [0.05, 0.1) is 6.54 Å². The lowest BCUT2D eigenvalue weighted by Crippen LogP contribution is -2.45. The number of hydrogen-bond acceptors (Lipinski definition) is 2. The van der Waals surface area contributed by atoms with Crippen LogP contribution in [-0.2, 0) is 11.3 Å². The van der Waals surface area contributed by atoms with Crippen molar-refractivity contribution in [1.82, 2.24) is 15.5 Å². The molecule has 1 amide bonds. The van der Waals surface area contributed by atoms with Crippen molar-refractivity contribution in [3.05, 3.63) is 35.4 Å². The maximum atomic E-state index is 12.1. The molecule has 6 heteroatoms. The molecule has 25 heavy (non-hydrogen) atoms. The van der Waals surface area contributed by atoms with E-state index in [0.29, 0.717) is 6.54 Å². The quantitative estimate of drug-likeness (QED) is 0.406. The molecule has 0 radical (unpaired) electrons. The maximum Gasteiger partial charge on any atom is 0.225 e. The first kappa shape index (κ1) is 21.7. The van der Waals surface area contributed by atoms with Crippen molar-refractivity contribution in [1.29, 1.82) is 0 Å². The van der Waals surface area contributed by atoms with Crippen molar-refractivity contribution in [3.63, 3.8) is 0 Å². The van der Waals surface area contributed by atoms with Gasteiger partial charge in [-0.05, 0) is 31.4 Å². The minimum absolute atomic E-state index is 0. The smallest absolute Gasteiger partial charge is 0.225 e. The Hall–Kier alpha value is -1.31. The first-order valence-electron chi connectivity index (χ1n) is 8.89. The average molecular weight is 458 g/mol. The van der Waals surface area contributed by atoms with Crippen molar-refractivity contribution >= 4 is 35.8 Å². The molecule has 2 rings (SSSR count). The average Bonchev–Trinajstić information content (AvgIpc) is 3.01. The topological polar surface area (TPSA) is 56.7 Å². The number of nitrogens with one attached hydrogen (secondary N) is 2. The van der Waals surface area contributed by atoms with Crippen molar-refractivity contribution in [2.45, 2.75) is 46.7 Å². The summed E-state index contributed by atoms with van der Waals surface area (Å²) in [6.07, 6.45) is 0.966. The van der Waals surface area contributed by atoms with Gasteiger partial charge in [-0.15, -0.1) is 24.0 Å². The highest BCUT2D eigenvalue weighted by Gasteiger charge is 2.27. The highest BCUT2D eigenvalue weighted by Crippen LogP contribution is 2.13. The van der Waals surface area contributed by atoms with Crippen LogP contribution < -0.4 is 10.6 Å². The summed E-state index contributed by atoms with van der Waals surface area (Å²) in [6.45, 7) is 11.1. The molecule has 0 spiro atoms. The molecule has 1 unspecified atom stereocenters. The zero-order valence-corrected chi connectivity index (χ0v) is 18.0. The van der Waals surface area contributed by atoms with Gasteiger partial charge < -0.3 is 15.5 Å². The number of hydrogen-bond donors (Lipinski definition) is 2. The fraction of sp³-hybridized carbons (Fsp3) is 0.579. The standard InChI is InChI=1S/C19H30N4O.HI/c1-5-20-19(21-12-16-9-7-6-8-15(16)4)22-17-10-11-23(13-17)18(24)14(2)3;/h6-9,14,17H,5,10-13H2,1-4H3,(H2,20,21,22);1H. The van der Waals surface area contributed by atoms with Gasteiger partial charge in [-0.2, -0.15) is 0 Å². The van der Waals surface area contributed by atoms with E-state index >= 15 is 0 Å². The number of benzene rings is 1. The summed E-state index contributed by atoms with van der Waals surface area (Å²) in [5, 5.41) is 6.78. The van der Waals surface area contributed by atoms with Gasteiger partial charge in [0.25, 0.3) is 0 Å². The summed E-state index contributed by atoms with van der Waals surface area (Å²) in [7, 11) is 0. The van der Waals surface area contributed by atoms with Gasteiger partial charge in [0, 0.05) is 31.6 Å². The van der Waals surface area contributed by atoms with E-state index in [1.807, 2.05) is 30.9 Å². The third kappa shape index (κ3) is 6.49. The first-order chi connectivity index (χ1) is 11.5. The second-order valence-electron chi connectivity index (χ2n) is 6.69. The van der Waals surface area contributed by atoms with Gasteiger partial charge in [0.2, 0.25) is 5.91 Å². The predicted octanol–water partition coefficient (Wildman–Crippen LogP) is 2.93. The Morgan fingerprint density at radius 2 is 2.08 bits per heavy atom. The Labute approximate surface area is 168 Å². The molecule has 1 aliphatic heterocycles. The van der Waals surface area contributed by atoms with Crippen LogP contribution in [0, 0.1) is 12.8 Å². The number of carbonyl (C=O) groups is 1. The molecular formula is C19H31IN4O. The molecule has 140 valence electrons. The number of carbonyl (C=O) groups excluding carboxylic acids is 1. The van der Waals surface area contributed by atoms with Crippen LogP contribution in [0.15, 0.2) is 29.3 Å². The number of guanidine groups is 1. The molecule has 1 saturated heterocycles. The summed E-state index contributed by atoms with van der Waals surface area (Å²) in [5.41, 5.74) is 2.49. The van der Waals surface area contributed by atoms with Crippen LogP contribution in [0.1, 0.15) is 38.3 Å². The molecule has 1 aromatic rings. The largest absolute Gasteiger partial charge is 0.357 e. The van der Waals surface area contributed by atoms with Gasteiger partial charge >= 0.3 is 0 Å². The van der Waals surface area contributed by atoms with Crippen LogP contribution in [-0.4, -0.2) is 42.4 Å². The normalized spacial score (nSPS) is 17.4. The van der Waals surface area contributed by atoms with E-state index in [1.165, 1.54) is 11.1 Å². The van der Waals surface area contributed by atoms with Crippen molar-refractivity contribution in [2.24, 2.45) is 10.9 Å². The highest BCUT2D eigenvalue weighted by molar-refractivity contribution is 14.0. The number of rotatable bonds is 5. The van der Waals surface area contributed by atoms with Gasteiger partial charge in [0.1, 0.15) is 0 Å². The third-order valence-electron chi connectivity index (χ3n) is 4.35. The number of aliphatic imine (C=N–C) groups is 1. The Balaban J connectivity index is 0.00000312. The van der Waals surface area contributed by atoms with E-state index in [0.717, 1.165) is 32.0 Å². The summed E-state index contributed by atoms with van der Waals surface area (Å²) in [6, 6.07) is 8.58. The van der Waals surface area contributed by atoms with Crippen molar-refractivity contribution in [2.75, 3.05) is 19.6 Å². The lowest BCUT2D eigenvalue weighted by atomic mass is 10.1. The molecule has 0 saturated carbocycles. The Bertz CT molecular complexity index is 589. The molecule has 1 atom stereocenters. The second-order valence-corrected chi connectivity index (χ2v) is 6.69. The maximum absolute atomic E-state index is 12.1. The van der Waals surface area contributed by atoms with Gasteiger partial charge in [-0.25, -0.2) is 4.99 Å². The number of amides is 1. The Morgan fingerprint density at radius 1 is 1.36 bits per heavy atom. The fourth-order valence-corrected chi connectivity index (χ4v) is 2.91. The molecule has 1 aromatic carbocycles. The molecule has 0 aliphatic carbocycles. The van der Waals surface area contributed by atoms with E-state index in [2.05, 4.69) is 36.6 Å². The SMILES string of the molecule is CCNC(=NCc1ccccc1C)NC1CCN(C(=O)C(C)C)C1.I. The van der Waals surface area contributed by atoms with Crippen molar-refractivity contribution in [3.8, 4) is 0 Å². The van der Waals surface area contributed by atoms with Gasteiger partial charge in [0.15, 0.2) is 5.96 Å². The fourth-order valence-electron chi connectivity index (χ4n) is 2.91. The van der Waals surface area contributed by atoms with E-state index in [1.54, 1.807) is 0 Å². The van der Waals surface area contributed by atoms with Crippen LogP contribution in [0.3, 0.4) is 0 Å². The van der Waals surface area contributed by atoms with E-state index in [-0.39, 0.29) is 41.8 Å². The lowest BCUT2D eigenvalue weighted by Gasteiger charge is -2.20. The zero-order chi connectivity index (χ0) is 17.5. The summed E-state index contributed by atoms with van der Waals surface area (Å²) >= 11 is 0. The van der Waals surface area contributed by atoms with Crippen LogP contribution >= 0.6 is 24.0 Å². The number of aryl methyl sites for hydroxylation is 1. The predicted molar refractivity (Wildman–Crippen MR) is 114 cm³/mol. The zero-order valence-electron chi connectivity index (χ0n) is 15.7. The van der Waals surface area contributed by atoms with Crippen LogP contribution in [0.25, 0.3) is 0 Å². The molecule has 1 fully saturated rings. The molecule has 1 aliphatic rings. The first-order valence-corrected chi connectivity index (χ1v) is 8.89. The molecule has 2 N–H and O–H groups in total. The molecule has 5 nitrogen and oxygen atoms in total. The molecular weight excluding hydrogens is 427 g/mol. The minimum Gasteiger partial charge on any atom is -0.357 e. The van der Waals surface area contributed by atoms with Crippen molar-refractivity contribution < 1.29 is 4.79 Å². The third-order valence-corrected chi connectivity index (χ3v) is 4.35. The minimum atomic E-state index is 0. The summed E-state index contributed by atoms with van der Waals surface area (Å²) in [4.78, 5) is 18.8. The van der Waals surface area contributed by atoms with E-state index in [9.17, 15) is 4.79 Å². The van der Waals surface area contributed by atoms with Gasteiger partial charge in [-0.3, -0.25) is 4.79 Å². The molecule has 0 bridgehead atoms. The van der Waals surface area contributed by atoms with E-state index < -0.39 is 0 Å². The molecule has 0 aromatic heterocycles. The molecule has 1 heterocycles.